The molecule has 102 valence electrons. The summed E-state index contributed by atoms with van der Waals surface area (Å²) in [6, 6.07) is 5.38. The first-order chi connectivity index (χ1) is 8.55. The van der Waals surface area contributed by atoms with Crippen molar-refractivity contribution in [2.45, 2.75) is 24.8 Å². The standard InChI is InChI=1S/C12H20N2O2S2/c1-3-11-5-4-10(9-13)8-12(11)18(15,16)14-6-7-17-2/h4-5,8,14H,3,6-7,9,13H2,1-2H3. The molecule has 0 unspecified atom stereocenters. The van der Waals surface area contributed by atoms with Crippen molar-refractivity contribution in [3.63, 3.8) is 0 Å². The molecule has 0 amide bonds. The van der Waals surface area contributed by atoms with Gasteiger partial charge in [-0.15, -0.1) is 0 Å². The minimum Gasteiger partial charge on any atom is -0.326 e. The summed E-state index contributed by atoms with van der Waals surface area (Å²) in [6.07, 6.45) is 2.63. The minimum absolute atomic E-state index is 0.345. The Balaban J connectivity index is 3.05. The highest BCUT2D eigenvalue weighted by atomic mass is 32.2. The van der Waals surface area contributed by atoms with Crippen LogP contribution in [0.25, 0.3) is 0 Å². The molecule has 0 fully saturated rings. The molecule has 0 saturated carbocycles. The third kappa shape index (κ3) is 3.98. The molecular weight excluding hydrogens is 268 g/mol. The number of benzene rings is 1. The Morgan fingerprint density at radius 1 is 1.39 bits per heavy atom. The molecule has 1 aromatic rings. The highest BCUT2D eigenvalue weighted by Gasteiger charge is 2.17. The van der Waals surface area contributed by atoms with Gasteiger partial charge in [0, 0.05) is 18.8 Å². The zero-order valence-corrected chi connectivity index (χ0v) is 12.4. The highest BCUT2D eigenvalue weighted by Crippen LogP contribution is 2.18. The van der Waals surface area contributed by atoms with Crippen molar-refractivity contribution >= 4 is 21.8 Å². The molecule has 4 nitrogen and oxygen atoms in total. The van der Waals surface area contributed by atoms with E-state index in [1.165, 1.54) is 0 Å². The largest absolute Gasteiger partial charge is 0.326 e. The van der Waals surface area contributed by atoms with E-state index in [1.807, 2.05) is 25.3 Å². The quantitative estimate of drug-likeness (QED) is 0.743. The summed E-state index contributed by atoms with van der Waals surface area (Å²) in [6.45, 7) is 2.73. The Bertz CT molecular complexity index is 487. The third-order valence-electron chi connectivity index (χ3n) is 2.64. The average molecular weight is 288 g/mol. The monoisotopic (exact) mass is 288 g/mol. The summed E-state index contributed by atoms with van der Waals surface area (Å²) < 4.78 is 27.0. The van der Waals surface area contributed by atoms with E-state index in [-0.39, 0.29) is 0 Å². The maximum absolute atomic E-state index is 12.2. The molecule has 0 aliphatic rings. The summed E-state index contributed by atoms with van der Waals surface area (Å²) in [5.41, 5.74) is 7.21. The van der Waals surface area contributed by atoms with Gasteiger partial charge in [0.1, 0.15) is 0 Å². The van der Waals surface area contributed by atoms with Crippen LogP contribution < -0.4 is 10.5 Å². The summed E-state index contributed by atoms with van der Waals surface area (Å²) in [4.78, 5) is 0.356. The topological polar surface area (TPSA) is 72.2 Å². The molecule has 1 aromatic carbocycles. The van der Waals surface area contributed by atoms with Crippen LogP contribution in [0.5, 0.6) is 0 Å². The lowest BCUT2D eigenvalue weighted by molar-refractivity contribution is 0.583. The normalized spacial score (nSPS) is 11.7. The first kappa shape index (κ1) is 15.5. The van der Waals surface area contributed by atoms with Gasteiger partial charge in [0.2, 0.25) is 10.0 Å². The summed E-state index contributed by atoms with van der Waals surface area (Å²) in [5.74, 6) is 0.761. The molecule has 0 heterocycles. The van der Waals surface area contributed by atoms with Crippen molar-refractivity contribution in [2.24, 2.45) is 5.73 Å². The molecule has 0 aliphatic carbocycles. The lowest BCUT2D eigenvalue weighted by atomic mass is 10.1. The van der Waals surface area contributed by atoms with Crippen molar-refractivity contribution in [3.8, 4) is 0 Å². The fourth-order valence-corrected chi connectivity index (χ4v) is 3.45. The van der Waals surface area contributed by atoms with Crippen LogP contribution in [0.15, 0.2) is 23.1 Å². The van der Waals surface area contributed by atoms with E-state index >= 15 is 0 Å². The van der Waals surface area contributed by atoms with Crippen molar-refractivity contribution in [1.82, 2.24) is 4.72 Å². The molecule has 3 N–H and O–H groups in total. The first-order valence-electron chi connectivity index (χ1n) is 5.85. The van der Waals surface area contributed by atoms with Crippen molar-refractivity contribution in [1.29, 1.82) is 0 Å². The van der Waals surface area contributed by atoms with Gasteiger partial charge in [-0.25, -0.2) is 13.1 Å². The predicted molar refractivity (Wildman–Crippen MR) is 77.3 cm³/mol. The second kappa shape index (κ2) is 7.13. The van der Waals surface area contributed by atoms with Crippen molar-refractivity contribution in [3.05, 3.63) is 29.3 Å². The van der Waals surface area contributed by atoms with Gasteiger partial charge in [0.05, 0.1) is 4.90 Å². The average Bonchev–Trinajstić information content (AvgIpc) is 2.38. The van der Waals surface area contributed by atoms with Crippen LogP contribution in [-0.4, -0.2) is 27.0 Å². The predicted octanol–water partition coefficient (Wildman–Crippen LogP) is 1.35. The Morgan fingerprint density at radius 3 is 2.67 bits per heavy atom. The van der Waals surface area contributed by atoms with Crippen LogP contribution in [0.4, 0.5) is 0 Å². The van der Waals surface area contributed by atoms with Gasteiger partial charge in [-0.05, 0) is 29.9 Å². The molecule has 6 heteroatoms. The molecule has 0 aliphatic heterocycles. The van der Waals surface area contributed by atoms with Crippen LogP contribution in [0, 0.1) is 0 Å². The first-order valence-corrected chi connectivity index (χ1v) is 8.73. The fraction of sp³-hybridized carbons (Fsp3) is 0.500. The van der Waals surface area contributed by atoms with Crippen LogP contribution >= 0.6 is 11.8 Å². The van der Waals surface area contributed by atoms with Crippen LogP contribution in [0.2, 0.25) is 0 Å². The van der Waals surface area contributed by atoms with Crippen LogP contribution in [0.3, 0.4) is 0 Å². The molecule has 0 atom stereocenters. The van der Waals surface area contributed by atoms with Gasteiger partial charge in [-0.3, -0.25) is 0 Å². The molecule has 0 saturated heterocycles. The van der Waals surface area contributed by atoms with Gasteiger partial charge in [-0.2, -0.15) is 11.8 Å². The van der Waals surface area contributed by atoms with Crippen LogP contribution in [-0.2, 0) is 23.0 Å². The Labute approximate surface area is 113 Å². The molecule has 0 bridgehead atoms. The molecular formula is C12H20N2O2S2. The number of thioether (sulfide) groups is 1. The molecule has 18 heavy (non-hydrogen) atoms. The SMILES string of the molecule is CCc1ccc(CN)cc1S(=O)(=O)NCCSC. The number of hydrogen-bond acceptors (Lipinski definition) is 4. The van der Waals surface area contributed by atoms with E-state index in [9.17, 15) is 8.42 Å². The lowest BCUT2D eigenvalue weighted by Gasteiger charge is -2.11. The second-order valence-corrected chi connectivity index (χ2v) is 6.61. The van der Waals surface area contributed by atoms with Gasteiger partial charge >= 0.3 is 0 Å². The molecule has 0 aromatic heterocycles. The van der Waals surface area contributed by atoms with Gasteiger partial charge in [0.25, 0.3) is 0 Å². The van der Waals surface area contributed by atoms with Gasteiger partial charge in [0.15, 0.2) is 0 Å². The van der Waals surface area contributed by atoms with Crippen LogP contribution in [0.1, 0.15) is 18.1 Å². The lowest BCUT2D eigenvalue weighted by Crippen LogP contribution is -2.27. The summed E-state index contributed by atoms with van der Waals surface area (Å²) in [5, 5.41) is 0. The van der Waals surface area contributed by atoms with E-state index in [2.05, 4.69) is 4.72 Å². The Morgan fingerprint density at radius 2 is 2.11 bits per heavy atom. The van der Waals surface area contributed by atoms with E-state index in [0.29, 0.717) is 24.4 Å². The van der Waals surface area contributed by atoms with E-state index in [1.54, 1.807) is 17.8 Å². The fourth-order valence-electron chi connectivity index (χ4n) is 1.62. The Kier molecular flexibility index (Phi) is 6.14. The summed E-state index contributed by atoms with van der Waals surface area (Å²) in [7, 11) is -3.43. The molecule has 0 spiro atoms. The molecule has 0 radical (unpaired) electrons. The maximum atomic E-state index is 12.2. The highest BCUT2D eigenvalue weighted by molar-refractivity contribution is 7.98. The second-order valence-electron chi connectivity index (χ2n) is 3.89. The van der Waals surface area contributed by atoms with Crippen molar-refractivity contribution in [2.75, 3.05) is 18.6 Å². The zero-order chi connectivity index (χ0) is 13.6. The van der Waals surface area contributed by atoms with E-state index in [0.717, 1.165) is 16.9 Å². The van der Waals surface area contributed by atoms with E-state index in [4.69, 9.17) is 5.73 Å². The minimum atomic E-state index is -3.43. The summed E-state index contributed by atoms with van der Waals surface area (Å²) >= 11 is 1.61. The number of sulfonamides is 1. The maximum Gasteiger partial charge on any atom is 0.240 e. The molecule has 1 rings (SSSR count). The Hall–Kier alpha value is -0.560. The van der Waals surface area contributed by atoms with Gasteiger partial charge < -0.3 is 5.73 Å². The zero-order valence-electron chi connectivity index (χ0n) is 10.8. The number of rotatable bonds is 7. The number of nitrogens with two attached hydrogens (primary N) is 1. The number of hydrogen-bond donors (Lipinski definition) is 2. The van der Waals surface area contributed by atoms with Gasteiger partial charge in [-0.1, -0.05) is 19.1 Å². The van der Waals surface area contributed by atoms with E-state index < -0.39 is 10.0 Å². The third-order valence-corrected chi connectivity index (χ3v) is 4.79. The van der Waals surface area contributed by atoms with Crippen molar-refractivity contribution < 1.29 is 8.42 Å². The smallest absolute Gasteiger partial charge is 0.240 e. The number of nitrogens with one attached hydrogen (secondary N) is 1. The number of aryl methyl sites for hydroxylation is 1.